The lowest BCUT2D eigenvalue weighted by Crippen LogP contribution is -2.31. The lowest BCUT2D eigenvalue weighted by molar-refractivity contribution is -0.148. The molecule has 3 N–H and O–H groups in total. The molecule has 1 rings (SSSR count). The Morgan fingerprint density at radius 1 is 0.968 bits per heavy atom. The van der Waals surface area contributed by atoms with Gasteiger partial charge in [0.15, 0.2) is 5.76 Å². The molecule has 2 unspecified atom stereocenters. The van der Waals surface area contributed by atoms with Gasteiger partial charge in [-0.2, -0.15) is 0 Å². The number of rotatable bonds is 17. The number of ether oxygens (including phenoxy) is 2. The van der Waals surface area contributed by atoms with Crippen LogP contribution in [-0.2, 0) is 19.1 Å². The molecule has 180 valence electrons. The number of Topliss-reactive ketones (excluding diaryl/α,β-unsaturated/α-hetero) is 1. The second kappa shape index (κ2) is 17.0. The van der Waals surface area contributed by atoms with Crippen LogP contribution in [0.15, 0.2) is 11.5 Å². The molecule has 0 aromatic rings. The van der Waals surface area contributed by atoms with Gasteiger partial charge in [0.1, 0.15) is 25.1 Å². The predicted octanol–water partition coefficient (Wildman–Crippen LogP) is 4.91. The van der Waals surface area contributed by atoms with E-state index in [0.29, 0.717) is 0 Å². The van der Waals surface area contributed by atoms with Gasteiger partial charge in [0, 0.05) is 6.42 Å². The highest BCUT2D eigenvalue weighted by molar-refractivity contribution is 5.94. The minimum absolute atomic E-state index is 0.140. The van der Waals surface area contributed by atoms with Gasteiger partial charge in [-0.3, -0.25) is 9.59 Å². The summed E-state index contributed by atoms with van der Waals surface area (Å²) >= 11 is 0. The molecular formula is C24H42O7. The zero-order chi connectivity index (χ0) is 22.9. The Morgan fingerprint density at radius 2 is 1.48 bits per heavy atom. The summed E-state index contributed by atoms with van der Waals surface area (Å²) in [6.07, 6.45) is 15.0. The van der Waals surface area contributed by atoms with Crippen molar-refractivity contribution in [1.29, 1.82) is 0 Å². The lowest BCUT2D eigenvalue weighted by atomic mass is 10.0. The van der Waals surface area contributed by atoms with Crippen LogP contribution in [0.5, 0.6) is 0 Å². The molecule has 0 bridgehead atoms. The monoisotopic (exact) mass is 442 g/mol. The van der Waals surface area contributed by atoms with Crippen LogP contribution < -0.4 is 0 Å². The maximum Gasteiger partial charge on any atom is 0.305 e. The van der Waals surface area contributed by atoms with Gasteiger partial charge in [0.05, 0.1) is 12.5 Å². The number of aliphatic hydroxyl groups is 3. The molecule has 0 radical (unpaired) electrons. The van der Waals surface area contributed by atoms with Crippen molar-refractivity contribution in [1.82, 2.24) is 0 Å². The number of carbonyl (C=O) groups excluding carboxylic acids is 2. The highest BCUT2D eigenvalue weighted by atomic mass is 16.5. The van der Waals surface area contributed by atoms with Crippen LogP contribution in [0.1, 0.15) is 96.8 Å². The summed E-state index contributed by atoms with van der Waals surface area (Å²) in [6, 6.07) is 0. The first-order valence-electron chi connectivity index (χ1n) is 12.0. The molecule has 7 nitrogen and oxygen atoms in total. The van der Waals surface area contributed by atoms with E-state index in [1.165, 1.54) is 64.2 Å². The molecule has 0 saturated heterocycles. The molecule has 31 heavy (non-hydrogen) atoms. The van der Waals surface area contributed by atoms with E-state index in [9.17, 15) is 24.9 Å². The Labute approximate surface area is 186 Å². The largest absolute Gasteiger partial charge is 0.508 e. The Hall–Kier alpha value is -1.60. The van der Waals surface area contributed by atoms with Crippen LogP contribution in [0.4, 0.5) is 0 Å². The molecule has 0 fully saturated rings. The summed E-state index contributed by atoms with van der Waals surface area (Å²) < 4.78 is 10.1. The normalized spacial score (nSPS) is 18.1. The van der Waals surface area contributed by atoms with Gasteiger partial charge >= 0.3 is 5.97 Å². The predicted molar refractivity (Wildman–Crippen MR) is 119 cm³/mol. The van der Waals surface area contributed by atoms with Crippen LogP contribution in [0.2, 0.25) is 0 Å². The van der Waals surface area contributed by atoms with Gasteiger partial charge in [-0.15, -0.1) is 0 Å². The fourth-order valence-corrected chi connectivity index (χ4v) is 3.69. The number of hydrogen-bond acceptors (Lipinski definition) is 7. The SMILES string of the molecule is CCCCCCCCCCCCCCCC(=O)OCC(O)C1COCC(=O)C(O)=C1O. The second-order valence-corrected chi connectivity index (χ2v) is 8.52. The molecule has 0 saturated carbocycles. The maximum absolute atomic E-state index is 11.9. The molecule has 7 heteroatoms. The lowest BCUT2D eigenvalue weighted by Gasteiger charge is -2.20. The maximum atomic E-state index is 11.9. The number of aliphatic hydroxyl groups excluding tert-OH is 3. The number of unbranched alkanes of at least 4 members (excludes halogenated alkanes) is 12. The van der Waals surface area contributed by atoms with Crippen LogP contribution in [0.3, 0.4) is 0 Å². The third kappa shape index (κ3) is 12.1. The third-order valence-electron chi connectivity index (χ3n) is 5.75. The van der Waals surface area contributed by atoms with Gasteiger partial charge in [-0.25, -0.2) is 0 Å². The highest BCUT2D eigenvalue weighted by Crippen LogP contribution is 2.21. The highest BCUT2D eigenvalue weighted by Gasteiger charge is 2.32. The summed E-state index contributed by atoms with van der Waals surface area (Å²) in [5, 5.41) is 29.6. The smallest absolute Gasteiger partial charge is 0.305 e. The zero-order valence-electron chi connectivity index (χ0n) is 19.2. The van der Waals surface area contributed by atoms with Crippen molar-refractivity contribution in [2.45, 2.75) is 103 Å². The van der Waals surface area contributed by atoms with Crippen LogP contribution >= 0.6 is 0 Å². The fraction of sp³-hybridized carbons (Fsp3) is 0.833. The first-order valence-corrected chi connectivity index (χ1v) is 12.0. The molecular weight excluding hydrogens is 400 g/mol. The average Bonchev–Trinajstić information content (AvgIpc) is 2.88. The van der Waals surface area contributed by atoms with Gasteiger partial charge in [-0.1, -0.05) is 84.0 Å². The first-order chi connectivity index (χ1) is 15.0. The van der Waals surface area contributed by atoms with Crippen molar-refractivity contribution in [2.24, 2.45) is 5.92 Å². The molecule has 2 atom stereocenters. The van der Waals surface area contributed by atoms with Crippen molar-refractivity contribution >= 4 is 11.8 Å². The van der Waals surface area contributed by atoms with E-state index in [1.54, 1.807) is 0 Å². The Bertz CT molecular complexity index is 544. The van der Waals surface area contributed by atoms with Crippen LogP contribution in [-0.4, -0.2) is 53.0 Å². The van der Waals surface area contributed by atoms with E-state index in [0.717, 1.165) is 19.3 Å². The minimum Gasteiger partial charge on any atom is -0.508 e. The number of ketones is 1. The topological polar surface area (TPSA) is 113 Å². The van der Waals surface area contributed by atoms with Crippen LogP contribution in [0, 0.1) is 5.92 Å². The summed E-state index contributed by atoms with van der Waals surface area (Å²) in [5.74, 6) is -3.58. The molecule has 1 heterocycles. The van der Waals surface area contributed by atoms with Crippen molar-refractivity contribution < 1.29 is 34.4 Å². The van der Waals surface area contributed by atoms with E-state index in [2.05, 4.69) is 6.92 Å². The molecule has 1 aliphatic heterocycles. The van der Waals surface area contributed by atoms with Crippen LogP contribution in [0.25, 0.3) is 0 Å². The van der Waals surface area contributed by atoms with Crippen molar-refractivity contribution in [2.75, 3.05) is 19.8 Å². The molecule has 1 aliphatic rings. The Morgan fingerprint density at radius 3 is 2.03 bits per heavy atom. The molecule has 0 aromatic carbocycles. The Kier molecular flexibility index (Phi) is 15.1. The van der Waals surface area contributed by atoms with Gasteiger partial charge in [-0.05, 0) is 6.42 Å². The van der Waals surface area contributed by atoms with E-state index in [-0.39, 0.29) is 26.2 Å². The van der Waals surface area contributed by atoms with E-state index < -0.39 is 35.3 Å². The van der Waals surface area contributed by atoms with Crippen molar-refractivity contribution in [3.05, 3.63) is 11.5 Å². The molecule has 0 spiro atoms. The minimum atomic E-state index is -1.26. The van der Waals surface area contributed by atoms with E-state index >= 15 is 0 Å². The zero-order valence-corrected chi connectivity index (χ0v) is 19.2. The average molecular weight is 443 g/mol. The molecule has 0 aliphatic carbocycles. The standard InChI is InChI=1S/C24H42O7/c1-2-3-4-5-6-7-8-9-10-11-12-13-14-15-22(27)31-18-20(25)19-16-30-17-21(26)24(29)23(19)28/h19-20,25,28-29H,2-18H2,1H3. The van der Waals surface area contributed by atoms with Gasteiger partial charge in [0.25, 0.3) is 0 Å². The van der Waals surface area contributed by atoms with E-state index in [4.69, 9.17) is 9.47 Å². The van der Waals surface area contributed by atoms with Crippen molar-refractivity contribution in [3.8, 4) is 0 Å². The Balaban J connectivity index is 2.02. The summed E-state index contributed by atoms with van der Waals surface area (Å²) in [4.78, 5) is 23.3. The fourth-order valence-electron chi connectivity index (χ4n) is 3.69. The number of carbonyl (C=O) groups is 2. The van der Waals surface area contributed by atoms with E-state index in [1.807, 2.05) is 0 Å². The van der Waals surface area contributed by atoms with Gasteiger partial charge < -0.3 is 24.8 Å². The summed E-state index contributed by atoms with van der Waals surface area (Å²) in [7, 11) is 0. The first kappa shape index (κ1) is 27.4. The number of hydrogen-bond donors (Lipinski definition) is 3. The molecule has 0 aromatic heterocycles. The summed E-state index contributed by atoms with van der Waals surface area (Å²) in [5.41, 5.74) is 0. The van der Waals surface area contributed by atoms with Gasteiger partial charge in [0.2, 0.25) is 5.78 Å². The quantitative estimate of drug-likeness (QED) is 0.216. The summed E-state index contributed by atoms with van der Waals surface area (Å²) in [6.45, 7) is 1.42. The third-order valence-corrected chi connectivity index (χ3v) is 5.75. The molecule has 0 amide bonds. The van der Waals surface area contributed by atoms with Crippen molar-refractivity contribution in [3.63, 3.8) is 0 Å². The second-order valence-electron chi connectivity index (χ2n) is 8.52. The number of esters is 1.